The normalized spacial score (nSPS) is 27.7. The third-order valence-electron chi connectivity index (χ3n) is 3.61. The second-order valence-corrected chi connectivity index (χ2v) is 4.47. The van der Waals surface area contributed by atoms with Crippen molar-refractivity contribution in [3.05, 3.63) is 0 Å². The lowest BCUT2D eigenvalue weighted by molar-refractivity contribution is -0.188. The SMILES string of the molecule is N#CC1(CCO)CCC2(CC1)OCCO2. The minimum Gasteiger partial charge on any atom is -0.396 e. The number of aliphatic hydroxyl groups excluding tert-OH is 1. The van der Waals surface area contributed by atoms with E-state index in [1.165, 1.54) is 0 Å². The Balaban J connectivity index is 1.98. The van der Waals surface area contributed by atoms with E-state index in [0.717, 1.165) is 25.7 Å². The molecule has 1 heterocycles. The molecule has 2 rings (SSSR count). The van der Waals surface area contributed by atoms with E-state index in [2.05, 4.69) is 6.07 Å². The summed E-state index contributed by atoms with van der Waals surface area (Å²) in [6.45, 7) is 1.42. The van der Waals surface area contributed by atoms with Crippen molar-refractivity contribution in [3.8, 4) is 6.07 Å². The molecule has 2 fully saturated rings. The van der Waals surface area contributed by atoms with Crippen LogP contribution in [-0.2, 0) is 9.47 Å². The quantitative estimate of drug-likeness (QED) is 0.745. The van der Waals surface area contributed by atoms with Gasteiger partial charge in [-0.1, -0.05) is 0 Å². The second kappa shape index (κ2) is 4.09. The van der Waals surface area contributed by atoms with Crippen molar-refractivity contribution < 1.29 is 14.6 Å². The predicted octanol–water partition coefficient (Wildman–Crippen LogP) is 1.20. The van der Waals surface area contributed by atoms with Crippen molar-refractivity contribution in [2.24, 2.45) is 5.41 Å². The molecule has 1 aliphatic heterocycles. The van der Waals surface area contributed by atoms with E-state index in [1.807, 2.05) is 0 Å². The number of hydrogen-bond donors (Lipinski definition) is 1. The van der Waals surface area contributed by atoms with E-state index >= 15 is 0 Å². The van der Waals surface area contributed by atoms with Crippen LogP contribution in [0.25, 0.3) is 0 Å². The highest BCUT2D eigenvalue weighted by Crippen LogP contribution is 2.45. The van der Waals surface area contributed by atoms with Crippen LogP contribution in [0.1, 0.15) is 32.1 Å². The van der Waals surface area contributed by atoms with Crippen LogP contribution in [0.5, 0.6) is 0 Å². The summed E-state index contributed by atoms with van der Waals surface area (Å²) >= 11 is 0. The van der Waals surface area contributed by atoms with Gasteiger partial charge in [-0.25, -0.2) is 0 Å². The van der Waals surface area contributed by atoms with E-state index in [0.29, 0.717) is 19.6 Å². The first kappa shape index (κ1) is 10.9. The predicted molar refractivity (Wildman–Crippen MR) is 52.9 cm³/mol. The van der Waals surface area contributed by atoms with Gasteiger partial charge in [0.2, 0.25) is 0 Å². The van der Waals surface area contributed by atoms with Crippen molar-refractivity contribution in [1.29, 1.82) is 5.26 Å². The zero-order valence-electron chi connectivity index (χ0n) is 8.87. The van der Waals surface area contributed by atoms with Crippen molar-refractivity contribution in [1.82, 2.24) is 0 Å². The van der Waals surface area contributed by atoms with Crippen LogP contribution in [0.2, 0.25) is 0 Å². The standard InChI is InChI=1S/C11H17NO3/c12-9-10(5-6-13)1-3-11(4-2-10)14-7-8-15-11/h13H,1-8H2. The average Bonchev–Trinajstić information content (AvgIpc) is 2.72. The van der Waals surface area contributed by atoms with E-state index in [1.54, 1.807) is 0 Å². The number of nitrogens with zero attached hydrogens (tertiary/aromatic N) is 1. The molecule has 0 amide bonds. The largest absolute Gasteiger partial charge is 0.396 e. The Labute approximate surface area is 89.8 Å². The van der Waals surface area contributed by atoms with Crippen LogP contribution in [0.3, 0.4) is 0 Å². The molecule has 1 saturated carbocycles. The summed E-state index contributed by atoms with van der Waals surface area (Å²) in [5.74, 6) is -0.407. The van der Waals surface area contributed by atoms with Gasteiger partial charge in [-0.15, -0.1) is 0 Å². The molecule has 1 N–H and O–H groups in total. The maximum absolute atomic E-state index is 9.16. The van der Waals surface area contributed by atoms with Crippen LogP contribution in [0.4, 0.5) is 0 Å². The summed E-state index contributed by atoms with van der Waals surface area (Å²) in [6.07, 6.45) is 3.66. The number of nitriles is 1. The van der Waals surface area contributed by atoms with Crippen LogP contribution in [0.15, 0.2) is 0 Å². The highest BCUT2D eigenvalue weighted by Gasteiger charge is 2.46. The Morgan fingerprint density at radius 1 is 1.13 bits per heavy atom. The molecule has 1 aliphatic carbocycles. The minimum atomic E-state index is -0.407. The summed E-state index contributed by atoms with van der Waals surface area (Å²) in [5, 5.41) is 18.1. The Hall–Kier alpha value is -0.630. The molecule has 15 heavy (non-hydrogen) atoms. The van der Waals surface area contributed by atoms with Crippen molar-refractivity contribution >= 4 is 0 Å². The van der Waals surface area contributed by atoms with Gasteiger partial charge in [0.15, 0.2) is 5.79 Å². The number of hydrogen-bond acceptors (Lipinski definition) is 4. The smallest absolute Gasteiger partial charge is 0.168 e. The summed E-state index contributed by atoms with van der Waals surface area (Å²) in [5.41, 5.74) is -0.352. The van der Waals surface area contributed by atoms with Gasteiger partial charge in [-0.3, -0.25) is 0 Å². The monoisotopic (exact) mass is 211 g/mol. The Kier molecular flexibility index (Phi) is 2.96. The lowest BCUT2D eigenvalue weighted by atomic mass is 9.71. The molecular formula is C11H17NO3. The van der Waals surface area contributed by atoms with Gasteiger partial charge >= 0.3 is 0 Å². The molecule has 0 aromatic rings. The summed E-state index contributed by atoms with van der Waals surface area (Å²) < 4.78 is 11.2. The average molecular weight is 211 g/mol. The van der Waals surface area contributed by atoms with E-state index < -0.39 is 5.79 Å². The molecule has 0 radical (unpaired) electrons. The zero-order valence-corrected chi connectivity index (χ0v) is 8.87. The zero-order chi connectivity index (χ0) is 10.8. The van der Waals surface area contributed by atoms with Crippen LogP contribution in [0, 0.1) is 16.7 Å². The number of aliphatic hydroxyl groups is 1. The fourth-order valence-electron chi connectivity index (χ4n) is 2.53. The first-order valence-corrected chi connectivity index (χ1v) is 5.54. The lowest BCUT2D eigenvalue weighted by Gasteiger charge is -2.39. The molecule has 4 heteroatoms. The molecule has 84 valence electrons. The summed E-state index contributed by atoms with van der Waals surface area (Å²) in [4.78, 5) is 0. The first-order chi connectivity index (χ1) is 7.24. The molecule has 1 saturated heterocycles. The third-order valence-corrected chi connectivity index (χ3v) is 3.61. The molecule has 0 unspecified atom stereocenters. The van der Waals surface area contributed by atoms with Crippen LogP contribution >= 0.6 is 0 Å². The van der Waals surface area contributed by atoms with Gasteiger partial charge in [0.05, 0.1) is 24.7 Å². The van der Waals surface area contributed by atoms with Crippen LogP contribution < -0.4 is 0 Å². The number of rotatable bonds is 2. The summed E-state index contributed by atoms with van der Waals surface area (Å²) in [6, 6.07) is 2.35. The van der Waals surface area contributed by atoms with Crippen LogP contribution in [-0.4, -0.2) is 30.7 Å². The fourth-order valence-corrected chi connectivity index (χ4v) is 2.53. The highest BCUT2D eigenvalue weighted by atomic mass is 16.7. The number of ether oxygens (including phenoxy) is 2. The third kappa shape index (κ3) is 2.00. The van der Waals surface area contributed by atoms with Crippen molar-refractivity contribution in [2.45, 2.75) is 37.9 Å². The van der Waals surface area contributed by atoms with Gasteiger partial charge < -0.3 is 14.6 Å². The topological polar surface area (TPSA) is 62.5 Å². The molecule has 2 aliphatic rings. The molecule has 1 spiro atoms. The highest BCUT2D eigenvalue weighted by molar-refractivity contribution is 5.03. The first-order valence-electron chi connectivity index (χ1n) is 5.54. The van der Waals surface area contributed by atoms with Crippen molar-refractivity contribution in [2.75, 3.05) is 19.8 Å². The lowest BCUT2D eigenvalue weighted by Crippen LogP contribution is -2.39. The van der Waals surface area contributed by atoms with E-state index in [9.17, 15) is 0 Å². The summed E-state index contributed by atoms with van der Waals surface area (Å²) in [7, 11) is 0. The van der Waals surface area contributed by atoms with Crippen molar-refractivity contribution in [3.63, 3.8) is 0 Å². The second-order valence-electron chi connectivity index (χ2n) is 4.47. The molecule has 0 aromatic heterocycles. The Morgan fingerprint density at radius 3 is 2.20 bits per heavy atom. The molecular weight excluding hydrogens is 194 g/mol. The Morgan fingerprint density at radius 2 is 1.73 bits per heavy atom. The molecule has 0 aromatic carbocycles. The molecule has 4 nitrogen and oxygen atoms in total. The van der Waals surface area contributed by atoms with E-state index in [-0.39, 0.29) is 12.0 Å². The van der Waals surface area contributed by atoms with Gasteiger partial charge in [-0.05, 0) is 19.3 Å². The fraction of sp³-hybridized carbons (Fsp3) is 0.909. The molecule has 0 bridgehead atoms. The Bertz CT molecular complexity index is 255. The van der Waals surface area contributed by atoms with Gasteiger partial charge in [-0.2, -0.15) is 5.26 Å². The minimum absolute atomic E-state index is 0.0856. The maximum atomic E-state index is 9.16. The van der Waals surface area contributed by atoms with Gasteiger partial charge in [0, 0.05) is 19.4 Å². The van der Waals surface area contributed by atoms with Gasteiger partial charge in [0.25, 0.3) is 0 Å². The van der Waals surface area contributed by atoms with E-state index in [4.69, 9.17) is 19.8 Å². The molecule has 0 atom stereocenters. The maximum Gasteiger partial charge on any atom is 0.168 e. The van der Waals surface area contributed by atoms with Gasteiger partial charge in [0.1, 0.15) is 0 Å².